The van der Waals surface area contributed by atoms with Crippen LogP contribution in [-0.4, -0.2) is 20.7 Å². The van der Waals surface area contributed by atoms with Crippen molar-refractivity contribution in [3.8, 4) is 6.07 Å². The number of aryl methyl sites for hydroxylation is 1. The molecule has 1 N–H and O–H groups in total. The molecular weight excluding hydrogens is 248 g/mol. The second kappa shape index (κ2) is 5.98. The van der Waals surface area contributed by atoms with Gasteiger partial charge in [0.1, 0.15) is 0 Å². The third kappa shape index (κ3) is 5.30. The molecule has 0 aliphatic heterocycles. The summed E-state index contributed by atoms with van der Waals surface area (Å²) in [5, 5.41) is 8.81. The number of hydrogen-bond donors (Lipinski definition) is 1. The van der Waals surface area contributed by atoms with Gasteiger partial charge in [0.2, 0.25) is 10.0 Å². The van der Waals surface area contributed by atoms with Gasteiger partial charge in [0.05, 0.1) is 17.2 Å². The summed E-state index contributed by atoms with van der Waals surface area (Å²) in [7, 11) is -3.32. The van der Waals surface area contributed by atoms with E-state index in [9.17, 15) is 8.42 Å². The van der Waals surface area contributed by atoms with Crippen molar-refractivity contribution in [2.75, 3.05) is 12.3 Å². The van der Waals surface area contributed by atoms with Crippen molar-refractivity contribution >= 4 is 10.0 Å². The molecule has 1 aromatic rings. The average molecular weight is 266 g/mol. The summed E-state index contributed by atoms with van der Waals surface area (Å²) >= 11 is 0. The molecule has 0 radical (unpaired) electrons. The summed E-state index contributed by atoms with van der Waals surface area (Å²) in [6, 6.07) is 11.5. The monoisotopic (exact) mass is 266 g/mol. The molecule has 4 nitrogen and oxygen atoms in total. The number of rotatable bonds is 6. The minimum atomic E-state index is -3.32. The maximum absolute atomic E-state index is 11.7. The molecule has 0 unspecified atom stereocenters. The smallest absolute Gasteiger partial charge is 0.211 e. The van der Waals surface area contributed by atoms with Crippen LogP contribution in [0.15, 0.2) is 30.3 Å². The van der Waals surface area contributed by atoms with E-state index in [0.29, 0.717) is 6.42 Å². The zero-order valence-corrected chi connectivity index (χ0v) is 11.5. The maximum atomic E-state index is 11.7. The lowest BCUT2D eigenvalue weighted by atomic mass is 9.97. The van der Waals surface area contributed by atoms with Crippen LogP contribution < -0.4 is 4.72 Å². The first kappa shape index (κ1) is 14.7. The molecule has 18 heavy (non-hydrogen) atoms. The van der Waals surface area contributed by atoms with E-state index in [1.54, 1.807) is 13.8 Å². The average Bonchev–Trinajstić information content (AvgIpc) is 2.36. The number of sulfonamides is 1. The Morgan fingerprint density at radius 2 is 1.89 bits per heavy atom. The van der Waals surface area contributed by atoms with Gasteiger partial charge in [0.15, 0.2) is 0 Å². The topological polar surface area (TPSA) is 70.0 Å². The van der Waals surface area contributed by atoms with E-state index in [2.05, 4.69) is 10.8 Å². The zero-order valence-electron chi connectivity index (χ0n) is 10.7. The molecule has 0 aliphatic carbocycles. The number of nitriles is 1. The van der Waals surface area contributed by atoms with Crippen molar-refractivity contribution in [1.29, 1.82) is 5.26 Å². The SMILES string of the molecule is CC(C)(C#N)CNS(=O)(=O)CCc1ccccc1. The molecule has 1 aromatic carbocycles. The summed E-state index contributed by atoms with van der Waals surface area (Å²) in [6.45, 7) is 3.54. The van der Waals surface area contributed by atoms with Gasteiger partial charge < -0.3 is 0 Å². The van der Waals surface area contributed by atoms with Crippen molar-refractivity contribution in [2.24, 2.45) is 5.41 Å². The predicted octanol–water partition coefficient (Wildman–Crippen LogP) is 1.70. The summed E-state index contributed by atoms with van der Waals surface area (Å²) < 4.78 is 26.0. The lowest BCUT2D eigenvalue weighted by Gasteiger charge is -2.15. The highest BCUT2D eigenvalue weighted by Crippen LogP contribution is 2.11. The number of hydrogen-bond acceptors (Lipinski definition) is 3. The van der Waals surface area contributed by atoms with Crippen LogP contribution in [-0.2, 0) is 16.4 Å². The largest absolute Gasteiger partial charge is 0.214 e. The van der Waals surface area contributed by atoms with E-state index in [-0.39, 0.29) is 12.3 Å². The van der Waals surface area contributed by atoms with E-state index in [1.807, 2.05) is 30.3 Å². The Morgan fingerprint density at radius 3 is 2.44 bits per heavy atom. The minimum absolute atomic E-state index is 0.0402. The summed E-state index contributed by atoms with van der Waals surface area (Å²) in [5.41, 5.74) is 0.308. The van der Waals surface area contributed by atoms with Crippen LogP contribution in [0.4, 0.5) is 0 Å². The van der Waals surface area contributed by atoms with Gasteiger partial charge in [0, 0.05) is 6.54 Å². The molecule has 0 spiro atoms. The summed E-state index contributed by atoms with van der Waals surface area (Å²) in [5.74, 6) is 0.0402. The molecule has 1 rings (SSSR count). The van der Waals surface area contributed by atoms with E-state index in [0.717, 1.165) is 5.56 Å². The lowest BCUT2D eigenvalue weighted by Crippen LogP contribution is -2.35. The first-order valence-electron chi connectivity index (χ1n) is 5.77. The standard InChI is InChI=1S/C13H18N2O2S/c1-13(2,10-14)11-15-18(16,17)9-8-12-6-4-3-5-7-12/h3-7,15H,8-9,11H2,1-2H3. The first-order valence-corrected chi connectivity index (χ1v) is 7.42. The minimum Gasteiger partial charge on any atom is -0.214 e. The van der Waals surface area contributed by atoms with Crippen molar-refractivity contribution in [3.05, 3.63) is 35.9 Å². The first-order chi connectivity index (χ1) is 8.35. The molecule has 98 valence electrons. The van der Waals surface area contributed by atoms with Crippen LogP contribution in [0, 0.1) is 16.7 Å². The fourth-order valence-electron chi connectivity index (χ4n) is 1.30. The van der Waals surface area contributed by atoms with E-state index >= 15 is 0 Å². The van der Waals surface area contributed by atoms with E-state index in [1.165, 1.54) is 0 Å². The molecule has 0 saturated heterocycles. The third-order valence-corrected chi connectivity index (χ3v) is 3.86. The predicted molar refractivity (Wildman–Crippen MR) is 71.3 cm³/mol. The van der Waals surface area contributed by atoms with Crippen LogP contribution in [0.3, 0.4) is 0 Å². The van der Waals surface area contributed by atoms with Crippen molar-refractivity contribution < 1.29 is 8.42 Å². The molecule has 0 atom stereocenters. The summed E-state index contributed by atoms with van der Waals surface area (Å²) in [4.78, 5) is 0. The Labute approximate surface area is 109 Å². The van der Waals surface area contributed by atoms with Gasteiger partial charge in [-0.15, -0.1) is 0 Å². The number of benzene rings is 1. The van der Waals surface area contributed by atoms with Crippen molar-refractivity contribution in [3.63, 3.8) is 0 Å². The Bertz CT molecular complexity index is 516. The molecule has 0 saturated carbocycles. The zero-order chi connectivity index (χ0) is 13.6. The van der Waals surface area contributed by atoms with Crippen LogP contribution in [0.25, 0.3) is 0 Å². The van der Waals surface area contributed by atoms with Gasteiger partial charge in [-0.05, 0) is 25.8 Å². The van der Waals surface area contributed by atoms with Crippen molar-refractivity contribution in [1.82, 2.24) is 4.72 Å². The molecule has 0 aliphatic rings. The molecule has 0 amide bonds. The van der Waals surface area contributed by atoms with Crippen LogP contribution in [0.5, 0.6) is 0 Å². The molecule has 5 heteroatoms. The van der Waals surface area contributed by atoms with Crippen LogP contribution in [0.1, 0.15) is 19.4 Å². The van der Waals surface area contributed by atoms with Gasteiger partial charge in [-0.25, -0.2) is 13.1 Å². The van der Waals surface area contributed by atoms with Gasteiger partial charge in [-0.2, -0.15) is 5.26 Å². The van der Waals surface area contributed by atoms with E-state index in [4.69, 9.17) is 5.26 Å². The van der Waals surface area contributed by atoms with Crippen molar-refractivity contribution in [2.45, 2.75) is 20.3 Å². The van der Waals surface area contributed by atoms with Gasteiger partial charge in [0.25, 0.3) is 0 Å². The van der Waals surface area contributed by atoms with Gasteiger partial charge >= 0.3 is 0 Å². The normalized spacial score (nSPS) is 12.1. The second-order valence-electron chi connectivity index (χ2n) is 4.87. The molecular formula is C13H18N2O2S. The fraction of sp³-hybridized carbons (Fsp3) is 0.462. The highest BCUT2D eigenvalue weighted by molar-refractivity contribution is 7.89. The summed E-state index contributed by atoms with van der Waals surface area (Å²) in [6.07, 6.45) is 0.475. The van der Waals surface area contributed by atoms with Crippen LogP contribution in [0.2, 0.25) is 0 Å². The molecule has 0 aromatic heterocycles. The molecule has 0 fully saturated rings. The fourth-order valence-corrected chi connectivity index (χ4v) is 2.53. The van der Waals surface area contributed by atoms with Crippen LogP contribution >= 0.6 is 0 Å². The molecule has 0 heterocycles. The van der Waals surface area contributed by atoms with Gasteiger partial charge in [-0.3, -0.25) is 0 Å². The quantitative estimate of drug-likeness (QED) is 0.852. The Balaban J connectivity index is 2.49. The third-order valence-electron chi connectivity index (χ3n) is 2.54. The number of nitrogens with one attached hydrogen (secondary N) is 1. The Hall–Kier alpha value is -1.38. The highest BCUT2D eigenvalue weighted by atomic mass is 32.2. The Morgan fingerprint density at radius 1 is 1.28 bits per heavy atom. The Kier molecular flexibility index (Phi) is 4.88. The second-order valence-corrected chi connectivity index (χ2v) is 6.80. The molecule has 0 bridgehead atoms. The highest BCUT2D eigenvalue weighted by Gasteiger charge is 2.20. The number of nitrogens with zero attached hydrogens (tertiary/aromatic N) is 1. The van der Waals surface area contributed by atoms with E-state index < -0.39 is 15.4 Å². The van der Waals surface area contributed by atoms with Gasteiger partial charge in [-0.1, -0.05) is 30.3 Å². The maximum Gasteiger partial charge on any atom is 0.211 e. The lowest BCUT2D eigenvalue weighted by molar-refractivity contribution is 0.478.